The number of aromatic nitrogens is 6. The summed E-state index contributed by atoms with van der Waals surface area (Å²) in [7, 11) is 0. The molecule has 10 nitrogen and oxygen atoms in total. The first kappa shape index (κ1) is 44.4. The summed E-state index contributed by atoms with van der Waals surface area (Å²) >= 11 is 0. The second kappa shape index (κ2) is 21.9. The molecular formula is C58H44N6O4. The molecule has 9 aromatic rings. The van der Waals surface area contributed by atoms with Crippen LogP contribution in [0.25, 0.3) is 67.8 Å². The van der Waals surface area contributed by atoms with Gasteiger partial charge in [-0.05, 0) is 119 Å². The van der Waals surface area contributed by atoms with Crippen molar-refractivity contribution in [2.45, 2.75) is 12.8 Å². The molecule has 0 bridgehead atoms. The number of benzene rings is 3. The first-order valence-electron chi connectivity index (χ1n) is 22.2. The van der Waals surface area contributed by atoms with Gasteiger partial charge < -0.3 is 19.7 Å². The first-order valence-corrected chi connectivity index (χ1v) is 22.2. The number of ether oxygens (including phenoxy) is 2. The number of pyridine rings is 6. The van der Waals surface area contributed by atoms with E-state index in [1.807, 2.05) is 158 Å². The van der Waals surface area contributed by atoms with Crippen LogP contribution in [0.4, 0.5) is 0 Å². The van der Waals surface area contributed by atoms with E-state index < -0.39 is 0 Å². The number of rotatable bonds is 14. The van der Waals surface area contributed by atoms with E-state index in [0.29, 0.717) is 35.5 Å². The minimum absolute atomic E-state index is 0.0169. The lowest BCUT2D eigenvalue weighted by atomic mass is 10.0. The molecule has 6 heterocycles. The molecule has 10 heteroatoms. The van der Waals surface area contributed by atoms with Gasteiger partial charge in [0.2, 0.25) is 0 Å². The Hall–Kier alpha value is -8.80. The van der Waals surface area contributed by atoms with Gasteiger partial charge in [0.1, 0.15) is 11.5 Å². The Balaban J connectivity index is 1.01. The Morgan fingerprint density at radius 1 is 0.353 bits per heavy atom. The molecule has 9 rings (SSSR count). The van der Waals surface area contributed by atoms with E-state index in [0.717, 1.165) is 78.9 Å². The summed E-state index contributed by atoms with van der Waals surface area (Å²) in [6.07, 6.45) is 7.93. The number of hydrogen-bond acceptors (Lipinski definition) is 10. The van der Waals surface area contributed by atoms with Gasteiger partial charge in [0.25, 0.3) is 0 Å². The summed E-state index contributed by atoms with van der Waals surface area (Å²) in [6, 6.07) is 51.0. The normalized spacial score (nSPS) is 10.6. The first-order chi connectivity index (χ1) is 33.6. The van der Waals surface area contributed by atoms with Crippen molar-refractivity contribution in [1.29, 1.82) is 0 Å². The maximum Gasteiger partial charge on any atom is 0.136 e. The molecule has 0 radical (unpaired) electrons. The molecule has 0 fully saturated rings. The molecule has 3 aromatic carbocycles. The standard InChI is InChI=1S/C58H44N6O4/c65-31-9-33-67-57-40-46(26-20-42-17-23-44(24-18-42)48-37-55(51-13-3-7-29-61-51)64-56(38-48)52-14-4-8-30-62-52)58(68-34-10-32-66)39-45(57)25-19-41-15-21-43(22-16-41)47-35-53(49-11-1-5-27-59-49)63-54(36-47)50-12-2-6-28-60-50/h1-8,11-18,21-24,27-30,35-40,65-66H,9-10,31-34H2. The second-order valence-corrected chi connectivity index (χ2v) is 15.5. The van der Waals surface area contributed by atoms with Crippen LogP contribution in [0.15, 0.2) is 183 Å². The van der Waals surface area contributed by atoms with Gasteiger partial charge >= 0.3 is 0 Å². The molecule has 0 atom stereocenters. The highest BCUT2D eigenvalue weighted by atomic mass is 16.5. The van der Waals surface area contributed by atoms with Gasteiger partial charge in [-0.25, -0.2) is 9.97 Å². The average Bonchev–Trinajstić information content (AvgIpc) is 3.41. The Kier molecular flexibility index (Phi) is 14.3. The molecule has 0 aliphatic carbocycles. The molecule has 6 aromatic heterocycles. The third-order valence-corrected chi connectivity index (χ3v) is 10.7. The fourth-order valence-corrected chi connectivity index (χ4v) is 7.23. The van der Waals surface area contributed by atoms with Gasteiger partial charge in [-0.2, -0.15) is 0 Å². The third-order valence-electron chi connectivity index (χ3n) is 10.7. The largest absolute Gasteiger partial charge is 0.492 e. The fourth-order valence-electron chi connectivity index (χ4n) is 7.23. The number of nitrogens with zero attached hydrogens (tertiary/aromatic N) is 6. The maximum atomic E-state index is 9.58. The van der Waals surface area contributed by atoms with Crippen LogP contribution in [0.5, 0.6) is 11.5 Å². The van der Waals surface area contributed by atoms with E-state index in [9.17, 15) is 10.2 Å². The average molecular weight is 889 g/mol. The van der Waals surface area contributed by atoms with Crippen LogP contribution in [0, 0.1) is 23.7 Å². The van der Waals surface area contributed by atoms with Gasteiger partial charge in [0.15, 0.2) is 0 Å². The van der Waals surface area contributed by atoms with Crippen LogP contribution in [0.2, 0.25) is 0 Å². The van der Waals surface area contributed by atoms with E-state index in [1.54, 1.807) is 24.8 Å². The Morgan fingerprint density at radius 3 is 0.985 bits per heavy atom. The molecule has 0 saturated heterocycles. The minimum atomic E-state index is -0.0169. The molecule has 330 valence electrons. The lowest BCUT2D eigenvalue weighted by Crippen LogP contribution is -2.05. The quantitative estimate of drug-likeness (QED) is 0.0802. The highest BCUT2D eigenvalue weighted by molar-refractivity contribution is 5.77. The fraction of sp³-hybridized carbons (Fsp3) is 0.103. The van der Waals surface area contributed by atoms with E-state index >= 15 is 0 Å². The van der Waals surface area contributed by atoms with Crippen molar-refractivity contribution in [3.8, 4) is 103 Å². The Morgan fingerprint density at radius 2 is 0.691 bits per heavy atom. The lowest BCUT2D eigenvalue weighted by Gasteiger charge is -2.13. The van der Waals surface area contributed by atoms with Crippen molar-refractivity contribution in [3.05, 3.63) is 205 Å². The molecule has 0 unspecified atom stereocenters. The summed E-state index contributed by atoms with van der Waals surface area (Å²) < 4.78 is 12.4. The van der Waals surface area contributed by atoms with Crippen LogP contribution in [0.3, 0.4) is 0 Å². The van der Waals surface area contributed by atoms with Gasteiger partial charge in [0, 0.05) is 74.1 Å². The molecular weight excluding hydrogens is 845 g/mol. The highest BCUT2D eigenvalue weighted by Gasteiger charge is 2.14. The predicted octanol–water partition coefficient (Wildman–Crippen LogP) is 10.4. The van der Waals surface area contributed by atoms with Crippen molar-refractivity contribution in [1.82, 2.24) is 29.9 Å². The highest BCUT2D eigenvalue weighted by Crippen LogP contribution is 2.32. The zero-order valence-electron chi connectivity index (χ0n) is 37.0. The van der Waals surface area contributed by atoms with Crippen molar-refractivity contribution in [2.75, 3.05) is 26.4 Å². The van der Waals surface area contributed by atoms with Crippen LogP contribution < -0.4 is 9.47 Å². The molecule has 0 aliphatic rings. The summed E-state index contributed by atoms with van der Waals surface area (Å²) in [5.41, 5.74) is 12.8. The smallest absolute Gasteiger partial charge is 0.136 e. The molecule has 0 saturated carbocycles. The molecule has 0 amide bonds. The van der Waals surface area contributed by atoms with Crippen molar-refractivity contribution < 1.29 is 19.7 Å². The zero-order chi connectivity index (χ0) is 46.3. The van der Waals surface area contributed by atoms with E-state index in [2.05, 4.69) is 43.6 Å². The predicted molar refractivity (Wildman–Crippen MR) is 265 cm³/mol. The molecule has 0 spiro atoms. The van der Waals surface area contributed by atoms with Crippen molar-refractivity contribution >= 4 is 0 Å². The van der Waals surface area contributed by atoms with Gasteiger partial charge in [-0.15, -0.1) is 0 Å². The number of hydrogen-bond donors (Lipinski definition) is 2. The SMILES string of the molecule is OCCCOc1cc(C#Cc2ccc(-c3cc(-c4ccccn4)nc(-c4ccccn4)c3)cc2)c(OCCCO)cc1C#Cc1ccc(-c2cc(-c3ccccn3)nc(-c3ccccn3)c2)cc1. The van der Waals surface area contributed by atoms with Crippen molar-refractivity contribution in [2.24, 2.45) is 0 Å². The summed E-state index contributed by atoms with van der Waals surface area (Å²) in [5.74, 6) is 14.3. The van der Waals surface area contributed by atoms with E-state index in [-0.39, 0.29) is 26.4 Å². The lowest BCUT2D eigenvalue weighted by molar-refractivity contribution is 0.229. The summed E-state index contributed by atoms with van der Waals surface area (Å²) in [5, 5.41) is 19.2. The van der Waals surface area contributed by atoms with Crippen LogP contribution in [-0.4, -0.2) is 66.5 Å². The molecule has 0 aliphatic heterocycles. The van der Waals surface area contributed by atoms with Crippen LogP contribution >= 0.6 is 0 Å². The summed E-state index contributed by atoms with van der Waals surface area (Å²) in [6.45, 7) is 0.532. The summed E-state index contributed by atoms with van der Waals surface area (Å²) in [4.78, 5) is 28.0. The van der Waals surface area contributed by atoms with Gasteiger partial charge in [-0.3, -0.25) is 19.9 Å². The monoisotopic (exact) mass is 888 g/mol. The van der Waals surface area contributed by atoms with Crippen LogP contribution in [-0.2, 0) is 0 Å². The number of aliphatic hydroxyl groups excluding tert-OH is 2. The molecule has 68 heavy (non-hydrogen) atoms. The van der Waals surface area contributed by atoms with Gasteiger partial charge in [-0.1, -0.05) is 72.2 Å². The molecule has 2 N–H and O–H groups in total. The zero-order valence-corrected chi connectivity index (χ0v) is 37.0. The third kappa shape index (κ3) is 11.2. The topological polar surface area (TPSA) is 136 Å². The second-order valence-electron chi connectivity index (χ2n) is 15.5. The Labute approximate surface area is 395 Å². The Bertz CT molecular complexity index is 2900. The minimum Gasteiger partial charge on any atom is -0.492 e. The van der Waals surface area contributed by atoms with Gasteiger partial charge in [0.05, 0.1) is 69.9 Å². The number of aliphatic hydroxyl groups is 2. The maximum absolute atomic E-state index is 9.58. The van der Waals surface area contributed by atoms with Crippen LogP contribution in [0.1, 0.15) is 35.1 Å². The van der Waals surface area contributed by atoms with Crippen molar-refractivity contribution in [3.63, 3.8) is 0 Å². The van der Waals surface area contributed by atoms with E-state index in [4.69, 9.17) is 19.4 Å². The van der Waals surface area contributed by atoms with E-state index in [1.165, 1.54) is 0 Å².